The minimum Gasteiger partial charge on any atom is -0.469 e. The summed E-state index contributed by atoms with van der Waals surface area (Å²) in [5, 5.41) is 3.57. The van der Waals surface area contributed by atoms with E-state index < -0.39 is 0 Å². The lowest BCUT2D eigenvalue weighted by molar-refractivity contribution is 0.103. The smallest absolute Gasteiger partial charge is 0.105 e. The van der Waals surface area contributed by atoms with E-state index in [0.717, 1.165) is 31.8 Å². The van der Waals surface area contributed by atoms with Crippen LogP contribution in [0.1, 0.15) is 26.5 Å². The van der Waals surface area contributed by atoms with Crippen molar-refractivity contribution >= 4 is 0 Å². The molecule has 2 unspecified atom stereocenters. The summed E-state index contributed by atoms with van der Waals surface area (Å²) in [7, 11) is 0. The summed E-state index contributed by atoms with van der Waals surface area (Å²) < 4.78 is 5.40. The Labute approximate surface area is 104 Å². The highest BCUT2D eigenvalue weighted by molar-refractivity contribution is 4.99. The molecular weight excluding hydrogens is 212 g/mol. The van der Waals surface area contributed by atoms with Gasteiger partial charge in [0, 0.05) is 38.1 Å². The lowest BCUT2D eigenvalue weighted by atomic mass is 9.98. The van der Waals surface area contributed by atoms with E-state index in [1.54, 1.807) is 6.26 Å². The van der Waals surface area contributed by atoms with E-state index in [9.17, 15) is 0 Å². The zero-order valence-corrected chi connectivity index (χ0v) is 11.1. The summed E-state index contributed by atoms with van der Waals surface area (Å²) in [6, 6.07) is 5.29. The summed E-state index contributed by atoms with van der Waals surface area (Å²) in [6.07, 6.45) is 2.78. The predicted octanol–water partition coefficient (Wildman–Crippen LogP) is 2.14. The normalized spacial score (nSPS) is 26.6. The van der Waals surface area contributed by atoms with Crippen molar-refractivity contribution in [2.45, 2.75) is 39.3 Å². The van der Waals surface area contributed by atoms with Gasteiger partial charge in [0.2, 0.25) is 0 Å². The Kier molecular flexibility index (Phi) is 4.24. The summed E-state index contributed by atoms with van der Waals surface area (Å²) in [5.41, 5.74) is 0. The van der Waals surface area contributed by atoms with E-state index in [1.165, 1.54) is 0 Å². The van der Waals surface area contributed by atoms with E-state index in [0.29, 0.717) is 18.0 Å². The molecule has 0 amide bonds. The van der Waals surface area contributed by atoms with Crippen molar-refractivity contribution < 1.29 is 4.42 Å². The molecule has 1 aromatic rings. The molecule has 0 saturated carbocycles. The van der Waals surface area contributed by atoms with Gasteiger partial charge < -0.3 is 9.73 Å². The third-order valence-electron chi connectivity index (χ3n) is 3.65. The molecule has 1 N–H and O–H groups in total. The minimum atomic E-state index is 0.599. The van der Waals surface area contributed by atoms with Crippen LogP contribution < -0.4 is 5.32 Å². The molecule has 2 rings (SSSR count). The standard InChI is InChI=1S/C14H24N2O/c1-11(2)14-9-15-12(3)10-16(14)7-6-13-5-4-8-17-13/h4-5,8,11-12,14-15H,6-7,9-10H2,1-3H3. The number of rotatable bonds is 4. The van der Waals surface area contributed by atoms with Crippen LogP contribution in [-0.4, -0.2) is 36.6 Å². The molecule has 0 spiro atoms. The molecule has 0 bridgehead atoms. The summed E-state index contributed by atoms with van der Waals surface area (Å²) >= 11 is 0. The second-order valence-electron chi connectivity index (χ2n) is 5.44. The number of nitrogens with one attached hydrogen (secondary N) is 1. The zero-order valence-electron chi connectivity index (χ0n) is 11.1. The highest BCUT2D eigenvalue weighted by atomic mass is 16.3. The topological polar surface area (TPSA) is 28.4 Å². The number of furan rings is 1. The second kappa shape index (κ2) is 5.69. The number of nitrogens with zero attached hydrogens (tertiary/aromatic N) is 1. The van der Waals surface area contributed by atoms with Crippen LogP contribution in [0.5, 0.6) is 0 Å². The summed E-state index contributed by atoms with van der Waals surface area (Å²) in [6.45, 7) is 10.2. The SMILES string of the molecule is CC1CN(CCc2ccco2)C(C(C)C)CN1. The number of hydrogen-bond donors (Lipinski definition) is 1. The van der Waals surface area contributed by atoms with Crippen LogP contribution in [0.3, 0.4) is 0 Å². The third-order valence-corrected chi connectivity index (χ3v) is 3.65. The van der Waals surface area contributed by atoms with Gasteiger partial charge in [0.1, 0.15) is 5.76 Å². The van der Waals surface area contributed by atoms with Crippen molar-refractivity contribution in [2.75, 3.05) is 19.6 Å². The van der Waals surface area contributed by atoms with Gasteiger partial charge in [0.15, 0.2) is 0 Å². The van der Waals surface area contributed by atoms with Crippen LogP contribution in [0.2, 0.25) is 0 Å². The van der Waals surface area contributed by atoms with Crippen LogP contribution in [0.4, 0.5) is 0 Å². The van der Waals surface area contributed by atoms with Gasteiger partial charge in [0.05, 0.1) is 6.26 Å². The van der Waals surface area contributed by atoms with Crippen LogP contribution in [-0.2, 0) is 6.42 Å². The van der Waals surface area contributed by atoms with Crippen LogP contribution >= 0.6 is 0 Å². The Bertz CT molecular complexity index is 321. The lowest BCUT2D eigenvalue weighted by Crippen LogP contribution is -2.57. The largest absolute Gasteiger partial charge is 0.469 e. The van der Waals surface area contributed by atoms with Gasteiger partial charge >= 0.3 is 0 Å². The molecule has 1 aliphatic rings. The second-order valence-corrected chi connectivity index (χ2v) is 5.44. The first-order valence-corrected chi connectivity index (χ1v) is 6.66. The van der Waals surface area contributed by atoms with E-state index in [2.05, 4.69) is 37.1 Å². The Hall–Kier alpha value is -0.800. The molecule has 2 atom stereocenters. The van der Waals surface area contributed by atoms with Gasteiger partial charge in [-0.05, 0) is 25.0 Å². The zero-order chi connectivity index (χ0) is 12.3. The maximum absolute atomic E-state index is 5.40. The van der Waals surface area contributed by atoms with Crippen LogP contribution in [0, 0.1) is 5.92 Å². The van der Waals surface area contributed by atoms with Crippen molar-refractivity contribution in [1.29, 1.82) is 0 Å². The molecular formula is C14H24N2O. The predicted molar refractivity (Wildman–Crippen MR) is 70.1 cm³/mol. The molecule has 3 heteroatoms. The van der Waals surface area contributed by atoms with E-state index in [1.807, 2.05) is 6.07 Å². The molecule has 1 aliphatic heterocycles. The lowest BCUT2D eigenvalue weighted by Gasteiger charge is -2.41. The quantitative estimate of drug-likeness (QED) is 0.868. The Balaban J connectivity index is 1.90. The van der Waals surface area contributed by atoms with Gasteiger partial charge in [-0.3, -0.25) is 4.90 Å². The van der Waals surface area contributed by atoms with E-state index >= 15 is 0 Å². The third kappa shape index (κ3) is 3.33. The average molecular weight is 236 g/mol. The minimum absolute atomic E-state index is 0.599. The molecule has 3 nitrogen and oxygen atoms in total. The maximum Gasteiger partial charge on any atom is 0.105 e. The first kappa shape index (κ1) is 12.7. The van der Waals surface area contributed by atoms with Crippen molar-refractivity contribution in [2.24, 2.45) is 5.92 Å². The van der Waals surface area contributed by atoms with Crippen molar-refractivity contribution in [1.82, 2.24) is 10.2 Å². The molecule has 1 aromatic heterocycles. The van der Waals surface area contributed by atoms with Crippen molar-refractivity contribution in [3.63, 3.8) is 0 Å². The fourth-order valence-electron chi connectivity index (χ4n) is 2.63. The fourth-order valence-corrected chi connectivity index (χ4v) is 2.63. The van der Waals surface area contributed by atoms with E-state index in [-0.39, 0.29) is 0 Å². The fraction of sp³-hybridized carbons (Fsp3) is 0.714. The first-order valence-electron chi connectivity index (χ1n) is 6.66. The molecule has 0 radical (unpaired) electrons. The molecule has 2 heterocycles. The monoisotopic (exact) mass is 236 g/mol. The van der Waals surface area contributed by atoms with Crippen molar-refractivity contribution in [3.05, 3.63) is 24.2 Å². The Morgan fingerprint density at radius 2 is 2.35 bits per heavy atom. The molecule has 0 aromatic carbocycles. The number of hydrogen-bond acceptors (Lipinski definition) is 3. The maximum atomic E-state index is 5.40. The Morgan fingerprint density at radius 3 is 3.00 bits per heavy atom. The summed E-state index contributed by atoms with van der Waals surface area (Å²) in [5.74, 6) is 1.80. The molecule has 0 aliphatic carbocycles. The first-order chi connectivity index (χ1) is 8.16. The van der Waals surface area contributed by atoms with Gasteiger partial charge in [0.25, 0.3) is 0 Å². The highest BCUT2D eigenvalue weighted by Gasteiger charge is 2.27. The van der Waals surface area contributed by atoms with Gasteiger partial charge in [-0.1, -0.05) is 13.8 Å². The molecule has 96 valence electrons. The molecule has 1 fully saturated rings. The van der Waals surface area contributed by atoms with Crippen molar-refractivity contribution in [3.8, 4) is 0 Å². The highest BCUT2D eigenvalue weighted by Crippen LogP contribution is 2.16. The van der Waals surface area contributed by atoms with Crippen LogP contribution in [0.15, 0.2) is 22.8 Å². The van der Waals surface area contributed by atoms with E-state index in [4.69, 9.17) is 4.42 Å². The van der Waals surface area contributed by atoms with Gasteiger partial charge in [-0.25, -0.2) is 0 Å². The number of piperazine rings is 1. The molecule has 17 heavy (non-hydrogen) atoms. The molecule has 1 saturated heterocycles. The average Bonchev–Trinajstić information content (AvgIpc) is 2.78. The van der Waals surface area contributed by atoms with Crippen LogP contribution in [0.25, 0.3) is 0 Å². The Morgan fingerprint density at radius 1 is 1.53 bits per heavy atom. The summed E-state index contributed by atoms with van der Waals surface area (Å²) in [4.78, 5) is 2.61. The van der Waals surface area contributed by atoms with Gasteiger partial charge in [-0.15, -0.1) is 0 Å². The van der Waals surface area contributed by atoms with Gasteiger partial charge in [-0.2, -0.15) is 0 Å².